The molecule has 0 aliphatic rings. The van der Waals surface area contributed by atoms with Crippen LogP contribution in [0.3, 0.4) is 0 Å². The summed E-state index contributed by atoms with van der Waals surface area (Å²) in [5, 5.41) is 0.495. The van der Waals surface area contributed by atoms with Gasteiger partial charge in [-0.2, -0.15) is 0 Å². The van der Waals surface area contributed by atoms with Gasteiger partial charge < -0.3 is 9.47 Å². The molecule has 2 rings (SSSR count). The third kappa shape index (κ3) is 3.05. The number of aryl methyl sites for hydroxylation is 1. The van der Waals surface area contributed by atoms with Crippen molar-refractivity contribution in [3.05, 3.63) is 58.9 Å². The Morgan fingerprint density at radius 2 is 1.95 bits per heavy atom. The molecular formula is C16H19ClN2O. The number of amides is 1. The van der Waals surface area contributed by atoms with E-state index in [-0.39, 0.29) is 11.9 Å². The Hall–Kier alpha value is -1.74. The Morgan fingerprint density at radius 3 is 2.50 bits per heavy atom. The molecule has 0 N–H and O–H groups in total. The number of aromatic nitrogens is 1. The minimum Gasteiger partial charge on any atom is -0.353 e. The molecule has 0 aliphatic carbocycles. The van der Waals surface area contributed by atoms with Crippen LogP contribution >= 0.6 is 11.6 Å². The van der Waals surface area contributed by atoms with E-state index in [1.54, 1.807) is 12.1 Å². The van der Waals surface area contributed by atoms with E-state index in [0.29, 0.717) is 17.1 Å². The Bertz CT molecular complexity index is 604. The van der Waals surface area contributed by atoms with Crippen LogP contribution in [0.5, 0.6) is 0 Å². The van der Waals surface area contributed by atoms with Crippen molar-refractivity contribution in [2.45, 2.75) is 26.4 Å². The van der Waals surface area contributed by atoms with Gasteiger partial charge in [-0.1, -0.05) is 23.7 Å². The van der Waals surface area contributed by atoms with Crippen molar-refractivity contribution in [2.75, 3.05) is 0 Å². The van der Waals surface area contributed by atoms with Crippen molar-refractivity contribution in [1.82, 2.24) is 9.47 Å². The van der Waals surface area contributed by atoms with Crippen LogP contribution < -0.4 is 0 Å². The lowest BCUT2D eigenvalue weighted by Crippen LogP contribution is -2.37. The zero-order valence-corrected chi connectivity index (χ0v) is 12.8. The number of benzene rings is 1. The Labute approximate surface area is 124 Å². The number of nitrogens with zero attached hydrogens (tertiary/aromatic N) is 2. The zero-order chi connectivity index (χ0) is 14.7. The second-order valence-electron chi connectivity index (χ2n) is 5.12. The van der Waals surface area contributed by atoms with Crippen molar-refractivity contribution in [3.63, 3.8) is 0 Å². The smallest absolute Gasteiger partial charge is 0.255 e. The van der Waals surface area contributed by atoms with Gasteiger partial charge in [-0.05, 0) is 38.1 Å². The number of rotatable bonds is 4. The molecule has 1 amide bonds. The van der Waals surface area contributed by atoms with E-state index in [0.717, 1.165) is 5.69 Å². The number of hydrogen-bond donors (Lipinski definition) is 0. The summed E-state index contributed by atoms with van der Waals surface area (Å²) in [6, 6.07) is 11.3. The average molecular weight is 291 g/mol. The van der Waals surface area contributed by atoms with Gasteiger partial charge in [0.15, 0.2) is 0 Å². The molecule has 1 aromatic heterocycles. The van der Waals surface area contributed by atoms with E-state index in [2.05, 4.69) is 0 Å². The maximum absolute atomic E-state index is 12.7. The summed E-state index contributed by atoms with van der Waals surface area (Å²) < 4.78 is 2.02. The first kappa shape index (κ1) is 14.7. The minimum atomic E-state index is -0.0354. The fraction of sp³-hybridized carbons (Fsp3) is 0.312. The molecule has 2 aromatic rings. The van der Waals surface area contributed by atoms with Gasteiger partial charge in [0, 0.05) is 25.0 Å². The van der Waals surface area contributed by atoms with E-state index >= 15 is 0 Å². The molecule has 1 aromatic carbocycles. The zero-order valence-electron chi connectivity index (χ0n) is 12.0. The molecule has 106 valence electrons. The van der Waals surface area contributed by atoms with E-state index in [1.807, 2.05) is 60.8 Å². The van der Waals surface area contributed by atoms with Crippen LogP contribution in [0, 0.1) is 0 Å². The van der Waals surface area contributed by atoms with Gasteiger partial charge in [-0.3, -0.25) is 4.79 Å². The predicted octanol–water partition coefficient (Wildman–Crippen LogP) is 3.73. The third-order valence-corrected chi connectivity index (χ3v) is 3.70. The summed E-state index contributed by atoms with van der Waals surface area (Å²) >= 11 is 6.13. The molecule has 4 heteroatoms. The molecule has 0 aliphatic heterocycles. The Kier molecular flexibility index (Phi) is 4.50. The highest BCUT2D eigenvalue weighted by atomic mass is 35.5. The number of carbonyl (C=O) groups excluding carboxylic acids is 1. The van der Waals surface area contributed by atoms with Crippen molar-refractivity contribution in [3.8, 4) is 0 Å². The molecule has 0 saturated carbocycles. The number of halogens is 1. The van der Waals surface area contributed by atoms with Gasteiger partial charge in [0.25, 0.3) is 5.91 Å². The van der Waals surface area contributed by atoms with Gasteiger partial charge >= 0.3 is 0 Å². The highest BCUT2D eigenvalue weighted by Crippen LogP contribution is 2.20. The summed E-state index contributed by atoms with van der Waals surface area (Å²) in [5.74, 6) is -0.0354. The fourth-order valence-corrected chi connectivity index (χ4v) is 2.33. The first-order valence-electron chi connectivity index (χ1n) is 6.66. The highest BCUT2D eigenvalue weighted by Gasteiger charge is 2.21. The Morgan fingerprint density at radius 1 is 1.25 bits per heavy atom. The lowest BCUT2D eigenvalue weighted by atomic mass is 10.1. The first-order valence-corrected chi connectivity index (χ1v) is 7.04. The molecule has 0 unspecified atom stereocenters. The largest absolute Gasteiger partial charge is 0.353 e. The molecule has 3 nitrogen and oxygen atoms in total. The van der Waals surface area contributed by atoms with Crippen LogP contribution in [0.25, 0.3) is 0 Å². The minimum absolute atomic E-state index is 0.0354. The van der Waals surface area contributed by atoms with Crippen molar-refractivity contribution < 1.29 is 4.79 Å². The van der Waals surface area contributed by atoms with Crippen molar-refractivity contribution in [2.24, 2.45) is 7.05 Å². The summed E-state index contributed by atoms with van der Waals surface area (Å²) in [5.41, 5.74) is 1.65. The molecule has 20 heavy (non-hydrogen) atoms. The van der Waals surface area contributed by atoms with E-state index < -0.39 is 0 Å². The van der Waals surface area contributed by atoms with Crippen LogP contribution in [0.4, 0.5) is 0 Å². The van der Waals surface area contributed by atoms with Crippen LogP contribution in [-0.2, 0) is 13.6 Å². The lowest BCUT2D eigenvalue weighted by Gasteiger charge is -2.27. The van der Waals surface area contributed by atoms with Crippen LogP contribution in [-0.4, -0.2) is 21.4 Å². The summed E-state index contributed by atoms with van der Waals surface area (Å²) in [7, 11) is 1.98. The normalized spacial score (nSPS) is 10.8. The average Bonchev–Trinajstić information content (AvgIpc) is 2.81. The summed E-state index contributed by atoms with van der Waals surface area (Å²) in [6.45, 7) is 4.60. The van der Waals surface area contributed by atoms with Crippen LogP contribution in [0.1, 0.15) is 29.9 Å². The van der Waals surface area contributed by atoms with Gasteiger partial charge in [0.1, 0.15) is 0 Å². The molecule has 0 spiro atoms. The maximum atomic E-state index is 12.7. The lowest BCUT2D eigenvalue weighted by molar-refractivity contribution is 0.0686. The topological polar surface area (TPSA) is 25.2 Å². The molecular weight excluding hydrogens is 272 g/mol. The Balaban J connectivity index is 2.28. The van der Waals surface area contributed by atoms with Crippen LogP contribution in [0.15, 0.2) is 42.6 Å². The second kappa shape index (κ2) is 6.14. The third-order valence-electron chi connectivity index (χ3n) is 3.37. The molecule has 1 heterocycles. The quantitative estimate of drug-likeness (QED) is 0.842. The predicted molar refractivity (Wildman–Crippen MR) is 81.9 cm³/mol. The first-order chi connectivity index (χ1) is 9.50. The molecule has 0 fully saturated rings. The van der Waals surface area contributed by atoms with Crippen molar-refractivity contribution in [1.29, 1.82) is 0 Å². The number of hydrogen-bond acceptors (Lipinski definition) is 1. The van der Waals surface area contributed by atoms with E-state index in [9.17, 15) is 4.79 Å². The van der Waals surface area contributed by atoms with E-state index in [4.69, 9.17) is 11.6 Å². The molecule has 0 saturated heterocycles. The van der Waals surface area contributed by atoms with Gasteiger partial charge in [-0.25, -0.2) is 0 Å². The molecule has 0 bridgehead atoms. The maximum Gasteiger partial charge on any atom is 0.255 e. The van der Waals surface area contributed by atoms with Crippen molar-refractivity contribution >= 4 is 17.5 Å². The van der Waals surface area contributed by atoms with Gasteiger partial charge in [0.2, 0.25) is 0 Å². The summed E-state index contributed by atoms with van der Waals surface area (Å²) in [4.78, 5) is 14.5. The summed E-state index contributed by atoms with van der Waals surface area (Å²) in [6.07, 6.45) is 1.98. The molecule has 0 atom stereocenters. The molecule has 0 radical (unpaired) electrons. The number of carbonyl (C=O) groups is 1. The standard InChI is InChI=1S/C16H19ClN2O/c1-12(2)19(11-13-7-6-10-18(13)3)16(20)14-8-4-5-9-15(14)17/h4-10,12H,11H2,1-3H3. The SMILES string of the molecule is CC(C)N(Cc1cccn1C)C(=O)c1ccccc1Cl. The fourth-order valence-electron chi connectivity index (χ4n) is 2.11. The highest BCUT2D eigenvalue weighted by molar-refractivity contribution is 6.33. The van der Waals surface area contributed by atoms with E-state index in [1.165, 1.54) is 0 Å². The van der Waals surface area contributed by atoms with Gasteiger partial charge in [-0.15, -0.1) is 0 Å². The van der Waals surface area contributed by atoms with Gasteiger partial charge in [0.05, 0.1) is 17.1 Å². The monoisotopic (exact) mass is 290 g/mol. The van der Waals surface area contributed by atoms with Crippen LogP contribution in [0.2, 0.25) is 5.02 Å². The second-order valence-corrected chi connectivity index (χ2v) is 5.52.